The summed E-state index contributed by atoms with van der Waals surface area (Å²) in [6.45, 7) is 7.90. The van der Waals surface area contributed by atoms with Gasteiger partial charge in [0.25, 0.3) is 35.4 Å². The molecule has 84 heavy (non-hydrogen) atoms. The minimum atomic E-state index is -0.938. The van der Waals surface area contributed by atoms with E-state index in [0.717, 1.165) is 68.9 Å². The van der Waals surface area contributed by atoms with Gasteiger partial charge in [0.15, 0.2) is 18.0 Å². The molecule has 13 atom stereocenters. The van der Waals surface area contributed by atoms with Crippen LogP contribution < -0.4 is 25.2 Å². The zero-order chi connectivity index (χ0) is 57.4. The zero-order valence-electron chi connectivity index (χ0n) is 48.2. The molecule has 6 amide bonds. The molecule has 3 unspecified atom stereocenters. The van der Waals surface area contributed by atoms with Crippen molar-refractivity contribution in [1.29, 1.82) is 5.26 Å². The van der Waals surface area contributed by atoms with Gasteiger partial charge in [-0.3, -0.25) is 38.6 Å². The molecule has 0 radical (unpaired) electrons. The number of aromatic nitrogens is 4. The molecule has 4 aromatic rings. The van der Waals surface area contributed by atoms with Gasteiger partial charge in [0.05, 0.1) is 24.3 Å². The van der Waals surface area contributed by atoms with Crippen molar-refractivity contribution in [2.45, 2.75) is 177 Å². The molecule has 20 heteroatoms. The summed E-state index contributed by atoms with van der Waals surface area (Å²) in [6, 6.07) is 15.1. The Morgan fingerprint density at radius 3 is 1.88 bits per heavy atom. The van der Waals surface area contributed by atoms with Crippen molar-refractivity contribution in [2.75, 3.05) is 49.3 Å². The molecule has 11 aliphatic rings. The molecule has 2 aromatic carbocycles. The number of hydrogen-bond acceptors (Lipinski definition) is 12. The summed E-state index contributed by atoms with van der Waals surface area (Å²) in [5.74, 6) is 0.618. The summed E-state index contributed by atoms with van der Waals surface area (Å²) >= 11 is 0. The Morgan fingerprint density at radius 1 is 0.667 bits per heavy atom. The summed E-state index contributed by atoms with van der Waals surface area (Å²) in [6.07, 6.45) is 11.0. The zero-order valence-corrected chi connectivity index (χ0v) is 48.2. The number of fused-ring (bicyclic) bond motifs is 5. The highest BCUT2D eigenvalue weighted by molar-refractivity contribution is 6.08. The first-order valence-electron chi connectivity index (χ1n) is 31.4. The van der Waals surface area contributed by atoms with Crippen LogP contribution in [0.1, 0.15) is 175 Å². The van der Waals surface area contributed by atoms with Gasteiger partial charge in [0.1, 0.15) is 35.5 Å². The summed E-state index contributed by atoms with van der Waals surface area (Å²) in [4.78, 5) is 95.0. The average Bonchev–Trinajstić information content (AvgIpc) is 2.55. The SMILES string of the molecule is CCN1C(=O)[C@@H](NC(=O)c2ccccc2)[C@@H](C2CC2)c2c(C(=O)N3[C@H](C)C[C@H]4C[C@H]43)nn(C3CCOC(C4Cc5ccc(OCC(=O)N[C@@H]6C(=O)N(CC)c7c(c(C(=O)N8[C@H](C#N)C[C@H]9C[C@H]98)nn7C7CCOCC7)[C@@H]6C6CC6)cc5C4)C3)c21. The van der Waals surface area contributed by atoms with Crippen molar-refractivity contribution in [1.82, 2.24) is 40.0 Å². The van der Waals surface area contributed by atoms with Gasteiger partial charge in [-0.15, -0.1) is 0 Å². The number of hydrogen-bond donors (Lipinski definition) is 2. The molecule has 8 heterocycles. The first-order chi connectivity index (χ1) is 40.9. The van der Waals surface area contributed by atoms with E-state index < -0.39 is 35.9 Å². The number of likely N-dealkylation sites (tertiary alicyclic amines) is 2. The van der Waals surface area contributed by atoms with Crippen molar-refractivity contribution in [3.8, 4) is 11.8 Å². The van der Waals surface area contributed by atoms with E-state index in [-0.39, 0.29) is 90.2 Å². The molecule has 20 nitrogen and oxygen atoms in total. The van der Waals surface area contributed by atoms with Crippen LogP contribution in [0.5, 0.6) is 5.75 Å². The molecule has 2 N–H and O–H groups in total. The molecule has 8 fully saturated rings. The van der Waals surface area contributed by atoms with Gasteiger partial charge in [-0.05, 0) is 176 Å². The minimum absolute atomic E-state index is 0.0173. The van der Waals surface area contributed by atoms with Crippen LogP contribution in [-0.4, -0.2) is 147 Å². The number of carbonyl (C=O) groups excluding carboxylic acids is 6. The molecule has 4 saturated carbocycles. The predicted octanol–water partition coefficient (Wildman–Crippen LogP) is 6.40. The smallest absolute Gasteiger partial charge is 0.276 e. The maximum atomic E-state index is 15.1. The fourth-order valence-corrected chi connectivity index (χ4v) is 16.5. The number of ether oxygens (including phenoxy) is 3. The fourth-order valence-electron chi connectivity index (χ4n) is 16.5. The van der Waals surface area contributed by atoms with Gasteiger partial charge < -0.3 is 34.6 Å². The van der Waals surface area contributed by atoms with Crippen molar-refractivity contribution in [3.05, 3.63) is 87.7 Å². The lowest BCUT2D eigenvalue weighted by atomic mass is 9.82. The largest absolute Gasteiger partial charge is 0.484 e. The van der Waals surface area contributed by atoms with E-state index >= 15 is 4.79 Å². The molecular weight excluding hydrogens is 1070 g/mol. The number of piperidine rings is 2. The van der Waals surface area contributed by atoms with E-state index in [1.54, 1.807) is 26.8 Å². The summed E-state index contributed by atoms with van der Waals surface area (Å²) in [5.41, 5.74) is 4.97. The van der Waals surface area contributed by atoms with Crippen LogP contribution in [-0.2, 0) is 36.7 Å². The third-order valence-corrected chi connectivity index (χ3v) is 21.0. The Labute approximate surface area is 488 Å². The van der Waals surface area contributed by atoms with E-state index in [1.807, 2.05) is 58.4 Å². The fraction of sp³-hybridized carbons (Fsp3) is 0.609. The summed E-state index contributed by atoms with van der Waals surface area (Å²) in [7, 11) is 0. The van der Waals surface area contributed by atoms with E-state index in [0.29, 0.717) is 117 Å². The molecular formula is C64H75N11O9. The second-order valence-electron chi connectivity index (χ2n) is 26.1. The topological polar surface area (TPSA) is 227 Å². The highest BCUT2D eigenvalue weighted by Gasteiger charge is 2.59. The van der Waals surface area contributed by atoms with Crippen molar-refractivity contribution >= 4 is 47.1 Å². The molecule has 0 spiro atoms. The standard InChI is InChI=1S/C64H75N11O9/c1-4-70-59-52(57(68-74(59)42-17-20-82-21-18-42)64(81)73-44(31-65)26-40-29-47(40)73)50(34-11-12-34)54(61(70)78)66-49(76)32-84-45-16-15-37-24-41(25-38(37)27-45)48-30-43(19-22-83-48)75-60-53(56(69-75)63(80)72-33(3)23-39-28-46(39)72)51(35-13-14-35)55(62(79)71(60)5-2)67-58(77)36-9-7-6-8-10-36/h6-10,15-16,27,33-35,39-44,46-48,50-51,54-55H,4-5,11-14,17-26,28-30,32H2,1-3H3,(H,66,76)(H,67,77)/t33-,39+,40+,41?,43?,44+,46-,47-,48?,50+,51+,54+,55+/m1/s1. The maximum Gasteiger partial charge on any atom is 0.276 e. The number of rotatable bonds is 15. The lowest BCUT2D eigenvalue weighted by Crippen LogP contribution is -2.56. The van der Waals surface area contributed by atoms with Gasteiger partial charge in [0.2, 0.25) is 0 Å². The molecule has 15 rings (SSSR count). The van der Waals surface area contributed by atoms with Gasteiger partial charge in [0, 0.05) is 79.6 Å². The predicted molar refractivity (Wildman–Crippen MR) is 305 cm³/mol. The third-order valence-electron chi connectivity index (χ3n) is 21.0. The van der Waals surface area contributed by atoms with E-state index in [2.05, 4.69) is 29.7 Å². The number of likely N-dealkylation sites (N-methyl/N-ethyl adjacent to an activating group) is 2. The van der Waals surface area contributed by atoms with Gasteiger partial charge >= 0.3 is 0 Å². The Bertz CT molecular complexity index is 3390. The van der Waals surface area contributed by atoms with E-state index in [1.165, 1.54) is 5.56 Å². The van der Waals surface area contributed by atoms with E-state index in [4.69, 9.17) is 24.4 Å². The van der Waals surface area contributed by atoms with Crippen LogP contribution >= 0.6 is 0 Å². The molecule has 4 saturated heterocycles. The highest BCUT2D eigenvalue weighted by atomic mass is 16.5. The quantitative estimate of drug-likeness (QED) is 0.132. The molecule has 2 aromatic heterocycles. The second kappa shape index (κ2) is 20.8. The monoisotopic (exact) mass is 1140 g/mol. The Morgan fingerprint density at radius 2 is 1.26 bits per heavy atom. The van der Waals surface area contributed by atoms with Crippen LogP contribution in [0.2, 0.25) is 0 Å². The highest BCUT2D eigenvalue weighted by Crippen LogP contribution is 2.56. The van der Waals surface area contributed by atoms with Crippen LogP contribution in [0.15, 0.2) is 48.5 Å². The number of benzene rings is 2. The van der Waals surface area contributed by atoms with Crippen LogP contribution in [0.4, 0.5) is 11.6 Å². The number of amides is 6. The van der Waals surface area contributed by atoms with Crippen molar-refractivity contribution < 1.29 is 43.0 Å². The number of nitrogens with zero attached hydrogens (tertiary/aromatic N) is 9. The van der Waals surface area contributed by atoms with E-state index in [9.17, 15) is 29.2 Å². The third kappa shape index (κ3) is 9.02. The van der Waals surface area contributed by atoms with Crippen LogP contribution in [0, 0.1) is 40.9 Å². The molecule has 440 valence electrons. The second-order valence-corrected chi connectivity index (χ2v) is 26.1. The number of anilines is 2. The average molecular weight is 1140 g/mol. The first kappa shape index (κ1) is 53.6. The molecule has 6 aliphatic heterocycles. The van der Waals surface area contributed by atoms with Gasteiger partial charge in [-0.1, -0.05) is 24.3 Å². The number of nitriles is 1. The number of carbonyl (C=O) groups is 6. The van der Waals surface area contributed by atoms with Gasteiger partial charge in [-0.25, -0.2) is 9.36 Å². The number of nitrogens with one attached hydrogen (secondary N) is 2. The summed E-state index contributed by atoms with van der Waals surface area (Å²) in [5, 5.41) is 26.9. The van der Waals surface area contributed by atoms with Crippen molar-refractivity contribution in [3.63, 3.8) is 0 Å². The lowest BCUT2D eigenvalue weighted by molar-refractivity contribution is -0.129. The maximum absolute atomic E-state index is 15.1. The summed E-state index contributed by atoms with van der Waals surface area (Å²) < 4.78 is 22.5. The first-order valence-corrected chi connectivity index (χ1v) is 31.4. The Hall–Kier alpha value is -7.11. The van der Waals surface area contributed by atoms with Crippen molar-refractivity contribution in [2.24, 2.45) is 29.6 Å². The van der Waals surface area contributed by atoms with Crippen LogP contribution in [0.25, 0.3) is 0 Å². The van der Waals surface area contributed by atoms with Gasteiger partial charge in [-0.2, -0.15) is 15.5 Å². The molecule has 5 aliphatic carbocycles. The van der Waals surface area contributed by atoms with Crippen LogP contribution in [0.3, 0.4) is 0 Å². The molecule has 0 bridgehead atoms. The minimum Gasteiger partial charge on any atom is -0.484 e. The Balaban J connectivity index is 0.659. The lowest BCUT2D eigenvalue weighted by Gasteiger charge is -2.40. The Kier molecular flexibility index (Phi) is 13.3. The normalized spacial score (nSPS) is 32.0.